The van der Waals surface area contributed by atoms with Crippen LogP contribution in [0.15, 0.2) is 36.2 Å². The van der Waals surface area contributed by atoms with E-state index in [1.165, 1.54) is 7.11 Å². The van der Waals surface area contributed by atoms with Crippen LogP contribution in [0.25, 0.3) is 0 Å². The van der Waals surface area contributed by atoms with Crippen LogP contribution in [-0.4, -0.2) is 24.5 Å². The Morgan fingerprint density at radius 2 is 2.44 bits per heavy atom. The highest BCUT2D eigenvalue weighted by Gasteiger charge is 2.20. The van der Waals surface area contributed by atoms with Crippen LogP contribution in [0, 0.1) is 0 Å². The maximum absolute atomic E-state index is 11.6. The van der Waals surface area contributed by atoms with E-state index in [1.54, 1.807) is 0 Å². The van der Waals surface area contributed by atoms with Gasteiger partial charge in [-0.05, 0) is 6.42 Å². The standard InChI is InChI=1S/C13H19NO2/c1-4-7-12-11(13(15)16-3)8-6-10-14(12)9-5-2/h5-6,10H,2,4,7-9H2,1,3H3. The summed E-state index contributed by atoms with van der Waals surface area (Å²) in [5.41, 5.74) is 1.84. The van der Waals surface area contributed by atoms with Crippen molar-refractivity contribution in [1.29, 1.82) is 0 Å². The number of hydrogen-bond donors (Lipinski definition) is 0. The van der Waals surface area contributed by atoms with E-state index in [0.717, 1.165) is 30.7 Å². The van der Waals surface area contributed by atoms with Crippen LogP contribution in [0.1, 0.15) is 26.2 Å². The molecule has 0 radical (unpaired) electrons. The zero-order valence-electron chi connectivity index (χ0n) is 10.0. The van der Waals surface area contributed by atoms with Gasteiger partial charge in [0.05, 0.1) is 12.7 Å². The maximum atomic E-state index is 11.6. The number of ether oxygens (including phenoxy) is 1. The third-order valence-corrected chi connectivity index (χ3v) is 2.55. The Morgan fingerprint density at radius 1 is 1.69 bits per heavy atom. The Balaban J connectivity index is 2.98. The Kier molecular flexibility index (Phi) is 4.83. The molecule has 0 fully saturated rings. The molecule has 0 bridgehead atoms. The van der Waals surface area contributed by atoms with Crippen molar-refractivity contribution >= 4 is 5.97 Å². The molecular weight excluding hydrogens is 202 g/mol. The van der Waals surface area contributed by atoms with E-state index in [9.17, 15) is 4.79 Å². The SMILES string of the molecule is C=CCN1C=CCC(C(=O)OC)=C1CCC. The lowest BCUT2D eigenvalue weighted by Crippen LogP contribution is -2.24. The first-order chi connectivity index (χ1) is 7.74. The Labute approximate surface area is 97.1 Å². The van der Waals surface area contributed by atoms with E-state index in [-0.39, 0.29) is 5.97 Å². The second kappa shape index (κ2) is 6.16. The van der Waals surface area contributed by atoms with E-state index in [0.29, 0.717) is 6.42 Å². The number of allylic oxidation sites excluding steroid dienone is 2. The van der Waals surface area contributed by atoms with Gasteiger partial charge in [-0.2, -0.15) is 0 Å². The van der Waals surface area contributed by atoms with Crippen LogP contribution in [0.4, 0.5) is 0 Å². The zero-order valence-corrected chi connectivity index (χ0v) is 10.0. The molecular formula is C13H19NO2. The number of carbonyl (C=O) groups excluding carboxylic acids is 1. The molecule has 0 aliphatic carbocycles. The monoisotopic (exact) mass is 221 g/mol. The summed E-state index contributed by atoms with van der Waals surface area (Å²) in [5, 5.41) is 0. The third-order valence-electron chi connectivity index (χ3n) is 2.55. The van der Waals surface area contributed by atoms with Gasteiger partial charge in [0, 0.05) is 24.9 Å². The van der Waals surface area contributed by atoms with Crippen molar-refractivity contribution in [2.75, 3.05) is 13.7 Å². The highest BCUT2D eigenvalue weighted by molar-refractivity contribution is 5.89. The fourth-order valence-electron chi connectivity index (χ4n) is 1.84. The molecule has 1 rings (SSSR count). The predicted octanol–water partition coefficient (Wildman–Crippen LogP) is 2.62. The molecule has 0 atom stereocenters. The van der Waals surface area contributed by atoms with Gasteiger partial charge in [0.25, 0.3) is 0 Å². The van der Waals surface area contributed by atoms with Crippen molar-refractivity contribution in [3.05, 3.63) is 36.2 Å². The number of methoxy groups -OCH3 is 1. The van der Waals surface area contributed by atoms with Crippen molar-refractivity contribution in [1.82, 2.24) is 4.90 Å². The smallest absolute Gasteiger partial charge is 0.335 e. The molecule has 1 aliphatic rings. The summed E-state index contributed by atoms with van der Waals surface area (Å²) in [6, 6.07) is 0. The molecule has 3 heteroatoms. The van der Waals surface area contributed by atoms with Crippen LogP contribution >= 0.6 is 0 Å². The minimum Gasteiger partial charge on any atom is -0.466 e. The molecule has 0 saturated carbocycles. The third kappa shape index (κ3) is 2.75. The predicted molar refractivity (Wildman–Crippen MR) is 64.6 cm³/mol. The molecule has 0 saturated heterocycles. The summed E-state index contributed by atoms with van der Waals surface area (Å²) in [5.74, 6) is -0.220. The number of rotatable bonds is 5. The van der Waals surface area contributed by atoms with Crippen molar-refractivity contribution in [3.63, 3.8) is 0 Å². The van der Waals surface area contributed by atoms with Gasteiger partial charge in [0.1, 0.15) is 0 Å². The molecule has 0 aromatic rings. The van der Waals surface area contributed by atoms with Crippen molar-refractivity contribution in [3.8, 4) is 0 Å². The fourth-order valence-corrected chi connectivity index (χ4v) is 1.84. The second-order valence-corrected chi connectivity index (χ2v) is 3.70. The molecule has 88 valence electrons. The summed E-state index contributed by atoms with van der Waals surface area (Å²) in [6.45, 7) is 6.56. The van der Waals surface area contributed by atoms with E-state index in [2.05, 4.69) is 18.4 Å². The topological polar surface area (TPSA) is 29.5 Å². The van der Waals surface area contributed by atoms with E-state index < -0.39 is 0 Å². The lowest BCUT2D eigenvalue weighted by molar-refractivity contribution is -0.136. The van der Waals surface area contributed by atoms with E-state index in [1.807, 2.05) is 18.4 Å². The van der Waals surface area contributed by atoms with E-state index >= 15 is 0 Å². The van der Waals surface area contributed by atoms with Gasteiger partial charge in [-0.15, -0.1) is 6.58 Å². The van der Waals surface area contributed by atoms with Crippen LogP contribution in [0.5, 0.6) is 0 Å². The summed E-state index contributed by atoms with van der Waals surface area (Å²) in [4.78, 5) is 13.7. The van der Waals surface area contributed by atoms with Gasteiger partial charge in [-0.1, -0.05) is 25.5 Å². The summed E-state index contributed by atoms with van der Waals surface area (Å²) in [7, 11) is 1.43. The van der Waals surface area contributed by atoms with Gasteiger partial charge in [0.15, 0.2) is 0 Å². The largest absolute Gasteiger partial charge is 0.466 e. The van der Waals surface area contributed by atoms with Gasteiger partial charge >= 0.3 is 5.97 Å². The van der Waals surface area contributed by atoms with Crippen LogP contribution in [-0.2, 0) is 9.53 Å². The molecule has 0 aromatic carbocycles. The first kappa shape index (κ1) is 12.6. The molecule has 1 aliphatic heterocycles. The van der Waals surface area contributed by atoms with Crippen molar-refractivity contribution in [2.24, 2.45) is 0 Å². The van der Waals surface area contributed by atoms with Crippen LogP contribution < -0.4 is 0 Å². The Bertz CT molecular complexity index is 329. The highest BCUT2D eigenvalue weighted by atomic mass is 16.5. The van der Waals surface area contributed by atoms with Crippen molar-refractivity contribution < 1.29 is 9.53 Å². The zero-order chi connectivity index (χ0) is 12.0. The molecule has 0 spiro atoms. The average molecular weight is 221 g/mol. The number of hydrogen-bond acceptors (Lipinski definition) is 3. The van der Waals surface area contributed by atoms with Gasteiger partial charge in [0.2, 0.25) is 0 Å². The summed E-state index contributed by atoms with van der Waals surface area (Å²) >= 11 is 0. The molecule has 3 nitrogen and oxygen atoms in total. The Morgan fingerprint density at radius 3 is 3.00 bits per heavy atom. The first-order valence-electron chi connectivity index (χ1n) is 5.59. The molecule has 0 unspecified atom stereocenters. The Hall–Kier alpha value is -1.51. The van der Waals surface area contributed by atoms with Gasteiger partial charge in [-0.3, -0.25) is 0 Å². The highest BCUT2D eigenvalue weighted by Crippen LogP contribution is 2.25. The maximum Gasteiger partial charge on any atom is 0.335 e. The summed E-state index contributed by atoms with van der Waals surface area (Å²) in [6.07, 6.45) is 8.39. The lowest BCUT2D eigenvalue weighted by Gasteiger charge is -2.27. The lowest BCUT2D eigenvalue weighted by atomic mass is 10.0. The fraction of sp³-hybridized carbons (Fsp3) is 0.462. The van der Waals surface area contributed by atoms with Crippen LogP contribution in [0.3, 0.4) is 0 Å². The minimum absolute atomic E-state index is 0.220. The normalized spacial score (nSPS) is 15.2. The van der Waals surface area contributed by atoms with E-state index in [4.69, 9.17) is 4.74 Å². The molecule has 1 heterocycles. The molecule has 0 amide bonds. The number of esters is 1. The molecule has 0 aromatic heterocycles. The molecule has 0 N–H and O–H groups in total. The number of carbonyl (C=O) groups is 1. The van der Waals surface area contributed by atoms with Gasteiger partial charge in [-0.25, -0.2) is 4.79 Å². The second-order valence-electron chi connectivity index (χ2n) is 3.70. The number of nitrogens with zero attached hydrogens (tertiary/aromatic N) is 1. The average Bonchev–Trinajstić information content (AvgIpc) is 2.31. The van der Waals surface area contributed by atoms with Crippen LogP contribution in [0.2, 0.25) is 0 Å². The van der Waals surface area contributed by atoms with Gasteiger partial charge < -0.3 is 9.64 Å². The minimum atomic E-state index is -0.220. The molecule has 16 heavy (non-hydrogen) atoms. The van der Waals surface area contributed by atoms with Crippen molar-refractivity contribution in [2.45, 2.75) is 26.2 Å². The quantitative estimate of drug-likeness (QED) is 0.528. The summed E-state index contributed by atoms with van der Waals surface area (Å²) < 4.78 is 4.81. The first-order valence-corrected chi connectivity index (χ1v) is 5.59.